The maximum atomic E-state index is 14.1. The van der Waals surface area contributed by atoms with Crippen molar-refractivity contribution in [3.63, 3.8) is 0 Å². The van der Waals surface area contributed by atoms with Crippen LogP contribution in [-0.4, -0.2) is 60.6 Å². The summed E-state index contributed by atoms with van der Waals surface area (Å²) in [4.78, 5) is 17.1. The average Bonchev–Trinajstić information content (AvgIpc) is 3.61. The summed E-state index contributed by atoms with van der Waals surface area (Å²) in [6.45, 7) is 1.62. The van der Waals surface area contributed by atoms with Crippen molar-refractivity contribution in [3.8, 4) is 28.5 Å². The first-order chi connectivity index (χ1) is 20.3. The number of halogens is 6. The van der Waals surface area contributed by atoms with Gasteiger partial charge in [-0.05, 0) is 55.1 Å². The fourth-order valence-corrected chi connectivity index (χ4v) is 5.15. The van der Waals surface area contributed by atoms with Gasteiger partial charge in [-0.2, -0.15) is 36.4 Å². The van der Waals surface area contributed by atoms with E-state index in [4.69, 9.17) is 9.63 Å². The van der Waals surface area contributed by atoms with E-state index in [1.54, 1.807) is 24.3 Å². The predicted octanol–water partition coefficient (Wildman–Crippen LogP) is 5.85. The number of aliphatic hydroxyl groups excluding tert-OH is 1. The van der Waals surface area contributed by atoms with Gasteiger partial charge in [0.25, 0.3) is 5.89 Å². The van der Waals surface area contributed by atoms with Crippen molar-refractivity contribution in [2.45, 2.75) is 37.7 Å². The number of rotatable bonds is 8. The van der Waals surface area contributed by atoms with Crippen molar-refractivity contribution < 1.29 is 45.9 Å². The van der Waals surface area contributed by atoms with Gasteiger partial charge in [0.05, 0.1) is 29.1 Å². The molecule has 5 rings (SSSR count). The monoisotopic (exact) mass is 609 g/mol. The number of carboxylic acids is 1. The lowest BCUT2D eigenvalue weighted by atomic mass is 9.94. The lowest BCUT2D eigenvalue weighted by molar-refractivity contribution is -0.142. The molecule has 0 aliphatic carbocycles. The number of β-amino-alcohol motifs (C(OH)–C–C–N with tert-alkyl or cyclic N) is 1. The number of aliphatic hydroxyl groups is 1. The number of aliphatic carboxylic acids is 1. The standard InChI is InChI=1S/C28H25F6N5O4/c29-27(30,31)19-7-9-20(10-8-19)39-24(28(32,33)34)21(13-35-39)26-36-25(37-43-26)18-5-3-17(4-6-18)22(40)15-38-11-1-2-16(14-38)12-23(41)42/h3-10,13,16,22,40H,1-2,11-12,14-15H2,(H,41,42). The number of hydrogen-bond acceptors (Lipinski definition) is 7. The largest absolute Gasteiger partial charge is 0.481 e. The van der Waals surface area contributed by atoms with Crippen molar-refractivity contribution in [1.29, 1.82) is 0 Å². The summed E-state index contributed by atoms with van der Waals surface area (Å²) in [6, 6.07) is 9.47. The molecule has 2 unspecified atom stereocenters. The topological polar surface area (TPSA) is 118 Å². The molecular formula is C28H25F6N5O4. The summed E-state index contributed by atoms with van der Waals surface area (Å²) >= 11 is 0. The first kappa shape index (κ1) is 30.2. The zero-order valence-corrected chi connectivity index (χ0v) is 22.3. The number of piperidine rings is 1. The Morgan fingerprint density at radius 2 is 1.72 bits per heavy atom. The Bertz CT molecular complexity index is 1560. The van der Waals surface area contributed by atoms with Crippen molar-refractivity contribution in [1.82, 2.24) is 24.8 Å². The van der Waals surface area contributed by atoms with E-state index in [1.165, 1.54) is 0 Å². The molecule has 1 aliphatic heterocycles. The van der Waals surface area contributed by atoms with Crippen LogP contribution in [0.25, 0.3) is 28.5 Å². The molecule has 2 aromatic carbocycles. The molecule has 1 fully saturated rings. The van der Waals surface area contributed by atoms with E-state index < -0.39 is 47.1 Å². The van der Waals surface area contributed by atoms with Gasteiger partial charge < -0.3 is 19.6 Å². The van der Waals surface area contributed by atoms with E-state index in [1.807, 2.05) is 4.90 Å². The molecule has 0 spiro atoms. The molecule has 9 nitrogen and oxygen atoms in total. The van der Waals surface area contributed by atoms with Crippen LogP contribution >= 0.6 is 0 Å². The second-order valence-electron chi connectivity index (χ2n) is 10.3. The van der Waals surface area contributed by atoms with Crippen LogP contribution in [-0.2, 0) is 17.1 Å². The van der Waals surface area contributed by atoms with Crippen molar-refractivity contribution in [3.05, 3.63) is 71.5 Å². The van der Waals surface area contributed by atoms with Gasteiger partial charge in [-0.15, -0.1) is 0 Å². The quantitative estimate of drug-likeness (QED) is 0.239. The number of carboxylic acid groups (broad SMARTS) is 1. The number of hydrogen-bond donors (Lipinski definition) is 2. The van der Waals surface area contributed by atoms with E-state index in [2.05, 4.69) is 15.2 Å². The summed E-state index contributed by atoms with van der Waals surface area (Å²) in [5.41, 5.74) is -2.15. The molecule has 15 heteroatoms. The second kappa shape index (κ2) is 11.8. The molecule has 2 atom stereocenters. The number of carbonyl (C=O) groups is 1. The lowest BCUT2D eigenvalue weighted by Crippen LogP contribution is -2.38. The minimum Gasteiger partial charge on any atom is -0.481 e. The molecule has 1 aliphatic rings. The second-order valence-corrected chi connectivity index (χ2v) is 10.3. The number of benzene rings is 2. The molecule has 2 N–H and O–H groups in total. The Morgan fingerprint density at radius 1 is 1.02 bits per heavy atom. The maximum absolute atomic E-state index is 14.1. The number of likely N-dealkylation sites (tertiary alicyclic amines) is 1. The minimum atomic E-state index is -4.97. The van der Waals surface area contributed by atoms with Crippen LogP contribution in [0.4, 0.5) is 26.3 Å². The molecule has 2 aromatic heterocycles. The van der Waals surface area contributed by atoms with Gasteiger partial charge in [-0.1, -0.05) is 29.4 Å². The number of aromatic nitrogens is 4. The Balaban J connectivity index is 1.33. The first-order valence-corrected chi connectivity index (χ1v) is 13.2. The van der Waals surface area contributed by atoms with Crippen molar-refractivity contribution in [2.24, 2.45) is 5.92 Å². The third-order valence-electron chi connectivity index (χ3n) is 7.18. The van der Waals surface area contributed by atoms with Gasteiger partial charge >= 0.3 is 18.3 Å². The first-order valence-electron chi connectivity index (χ1n) is 13.2. The Labute approximate surface area is 240 Å². The van der Waals surface area contributed by atoms with Crippen LogP contribution in [0.2, 0.25) is 0 Å². The molecule has 0 bridgehead atoms. The normalized spacial score (nSPS) is 17.2. The number of alkyl halides is 6. The summed E-state index contributed by atoms with van der Waals surface area (Å²) < 4.78 is 86.6. The van der Waals surface area contributed by atoms with E-state index in [-0.39, 0.29) is 23.9 Å². The maximum Gasteiger partial charge on any atom is 0.434 e. The summed E-state index contributed by atoms with van der Waals surface area (Å²) in [6.07, 6.45) is -7.90. The summed E-state index contributed by atoms with van der Waals surface area (Å²) in [5.74, 6) is -1.35. The van der Waals surface area contributed by atoms with Gasteiger partial charge in [0, 0.05) is 25.1 Å². The third kappa shape index (κ3) is 6.88. The molecule has 0 radical (unpaired) electrons. The molecule has 1 saturated heterocycles. The number of nitrogens with zero attached hydrogens (tertiary/aromatic N) is 5. The van der Waals surface area contributed by atoms with Crippen LogP contribution in [0.5, 0.6) is 0 Å². The van der Waals surface area contributed by atoms with E-state index >= 15 is 0 Å². The average molecular weight is 610 g/mol. The molecule has 3 heterocycles. The van der Waals surface area contributed by atoms with E-state index in [0.717, 1.165) is 37.7 Å². The highest BCUT2D eigenvalue weighted by atomic mass is 19.4. The highest BCUT2D eigenvalue weighted by molar-refractivity contribution is 5.67. The summed E-state index contributed by atoms with van der Waals surface area (Å²) in [7, 11) is 0. The zero-order chi connectivity index (χ0) is 30.9. The highest BCUT2D eigenvalue weighted by Gasteiger charge is 2.41. The van der Waals surface area contributed by atoms with Gasteiger partial charge in [0.15, 0.2) is 5.69 Å². The highest BCUT2D eigenvalue weighted by Crippen LogP contribution is 2.39. The molecule has 228 valence electrons. The van der Waals surface area contributed by atoms with Gasteiger partial charge in [0.2, 0.25) is 5.82 Å². The fraction of sp³-hybridized carbons (Fsp3) is 0.357. The van der Waals surface area contributed by atoms with Gasteiger partial charge in [-0.3, -0.25) is 4.79 Å². The van der Waals surface area contributed by atoms with Crippen LogP contribution in [0.3, 0.4) is 0 Å². The molecule has 0 amide bonds. The van der Waals surface area contributed by atoms with E-state index in [0.29, 0.717) is 41.0 Å². The van der Waals surface area contributed by atoms with Crippen LogP contribution in [0.15, 0.2) is 59.3 Å². The van der Waals surface area contributed by atoms with Gasteiger partial charge in [-0.25, -0.2) is 4.68 Å². The third-order valence-corrected chi connectivity index (χ3v) is 7.18. The smallest absolute Gasteiger partial charge is 0.434 e. The SMILES string of the molecule is O=C(O)CC1CCCN(CC(O)c2ccc(-c3noc(-c4cnn(-c5ccc(C(F)(F)F)cc5)c4C(F)(F)F)n3)cc2)C1. The van der Waals surface area contributed by atoms with Gasteiger partial charge in [0.1, 0.15) is 0 Å². The van der Waals surface area contributed by atoms with Crippen molar-refractivity contribution in [2.75, 3.05) is 19.6 Å². The van der Waals surface area contributed by atoms with Crippen LogP contribution in [0.1, 0.15) is 42.2 Å². The molecular weight excluding hydrogens is 584 g/mol. The Kier molecular flexibility index (Phi) is 8.29. The summed E-state index contributed by atoms with van der Waals surface area (Å²) in [5, 5.41) is 27.3. The van der Waals surface area contributed by atoms with Crippen LogP contribution < -0.4 is 0 Å². The zero-order valence-electron chi connectivity index (χ0n) is 22.3. The molecule has 4 aromatic rings. The van der Waals surface area contributed by atoms with Crippen LogP contribution in [0, 0.1) is 5.92 Å². The minimum absolute atomic E-state index is 0.0214. The lowest BCUT2D eigenvalue weighted by Gasteiger charge is -2.33. The predicted molar refractivity (Wildman–Crippen MR) is 139 cm³/mol. The fourth-order valence-electron chi connectivity index (χ4n) is 5.15. The Hall–Kier alpha value is -4.24. The molecule has 43 heavy (non-hydrogen) atoms. The van der Waals surface area contributed by atoms with Crippen molar-refractivity contribution >= 4 is 5.97 Å². The van der Waals surface area contributed by atoms with E-state index in [9.17, 15) is 36.2 Å². The molecule has 0 saturated carbocycles. The Morgan fingerprint density at radius 3 is 2.35 bits per heavy atom.